The van der Waals surface area contributed by atoms with Crippen LogP contribution in [-0.2, 0) is 16.6 Å². The van der Waals surface area contributed by atoms with Crippen LogP contribution >= 0.6 is 0 Å². The van der Waals surface area contributed by atoms with Gasteiger partial charge in [0.15, 0.2) is 0 Å². The number of allylic oxidation sites excluding steroid dienone is 2. The van der Waals surface area contributed by atoms with Crippen molar-refractivity contribution in [1.29, 1.82) is 0 Å². The van der Waals surface area contributed by atoms with E-state index < -0.39 is 11.9 Å². The molecule has 0 saturated heterocycles. The molecule has 0 radical (unpaired) electrons. The van der Waals surface area contributed by atoms with Gasteiger partial charge in [-0.25, -0.2) is 0 Å². The Kier molecular flexibility index (Phi) is 6.84. The lowest BCUT2D eigenvalue weighted by Crippen LogP contribution is -2.33. The van der Waals surface area contributed by atoms with Crippen molar-refractivity contribution in [3.8, 4) is 0 Å². The second-order valence-corrected chi connectivity index (χ2v) is 6.82. The second-order valence-electron chi connectivity index (χ2n) is 6.82. The summed E-state index contributed by atoms with van der Waals surface area (Å²) in [6, 6.07) is 8.65. The second kappa shape index (κ2) is 8.86. The number of benzene rings is 1. The molecule has 0 fully saturated rings. The third-order valence-electron chi connectivity index (χ3n) is 4.99. The van der Waals surface area contributed by atoms with E-state index in [1.807, 2.05) is 0 Å². The van der Waals surface area contributed by atoms with E-state index in [1.165, 1.54) is 30.4 Å². The molecule has 0 heterocycles. The molecular formula is C22H29O2-. The standard InChI is InChI=1S/C22H30O2/c1-3-5-7-10-18-11-8-9-12-20(18)22(15-6-4-2)16-13-19(14-17-22)21(23)24/h8-9,11-14,16-17,19H,3-7,10,15H2,1-2H3,(H,23,24)/p-1. The van der Waals surface area contributed by atoms with Gasteiger partial charge in [0.2, 0.25) is 0 Å². The molecule has 2 nitrogen and oxygen atoms in total. The van der Waals surface area contributed by atoms with Gasteiger partial charge in [0.05, 0.1) is 5.97 Å². The van der Waals surface area contributed by atoms with Gasteiger partial charge in [-0.2, -0.15) is 0 Å². The van der Waals surface area contributed by atoms with E-state index >= 15 is 0 Å². The van der Waals surface area contributed by atoms with Gasteiger partial charge in [0.1, 0.15) is 0 Å². The van der Waals surface area contributed by atoms with Crippen LogP contribution in [0.5, 0.6) is 0 Å². The van der Waals surface area contributed by atoms with Crippen LogP contribution in [0.25, 0.3) is 0 Å². The van der Waals surface area contributed by atoms with Crippen molar-refractivity contribution in [1.82, 2.24) is 0 Å². The first-order chi connectivity index (χ1) is 11.6. The predicted octanol–water partition coefficient (Wildman–Crippen LogP) is 4.34. The number of rotatable bonds is 9. The Morgan fingerprint density at radius 3 is 2.33 bits per heavy atom. The fourth-order valence-electron chi connectivity index (χ4n) is 3.54. The molecule has 1 aromatic rings. The van der Waals surface area contributed by atoms with Crippen molar-refractivity contribution in [3.63, 3.8) is 0 Å². The third-order valence-corrected chi connectivity index (χ3v) is 4.99. The Hall–Kier alpha value is -1.83. The van der Waals surface area contributed by atoms with Crippen LogP contribution in [0.1, 0.15) is 63.5 Å². The summed E-state index contributed by atoms with van der Waals surface area (Å²) >= 11 is 0. The van der Waals surface area contributed by atoms with E-state index in [4.69, 9.17) is 0 Å². The minimum Gasteiger partial charge on any atom is -0.549 e. The summed E-state index contributed by atoms with van der Waals surface area (Å²) in [7, 11) is 0. The van der Waals surface area contributed by atoms with E-state index in [1.54, 1.807) is 12.2 Å². The molecule has 1 aliphatic rings. The minimum absolute atomic E-state index is 0.176. The fraction of sp³-hybridized carbons (Fsp3) is 0.500. The van der Waals surface area contributed by atoms with Crippen LogP contribution < -0.4 is 5.11 Å². The van der Waals surface area contributed by atoms with Gasteiger partial charge in [-0.15, -0.1) is 0 Å². The van der Waals surface area contributed by atoms with Crippen molar-refractivity contribution >= 4 is 5.97 Å². The molecular weight excluding hydrogens is 296 g/mol. The average Bonchev–Trinajstić information content (AvgIpc) is 2.61. The highest BCUT2D eigenvalue weighted by molar-refractivity contribution is 5.73. The number of carbonyl (C=O) groups is 1. The van der Waals surface area contributed by atoms with Crippen LogP contribution in [0.3, 0.4) is 0 Å². The van der Waals surface area contributed by atoms with E-state index in [0.29, 0.717) is 0 Å². The highest BCUT2D eigenvalue weighted by Crippen LogP contribution is 2.39. The highest BCUT2D eigenvalue weighted by Gasteiger charge is 2.30. The van der Waals surface area contributed by atoms with Crippen molar-refractivity contribution in [2.75, 3.05) is 0 Å². The summed E-state index contributed by atoms with van der Waals surface area (Å²) in [4.78, 5) is 11.1. The van der Waals surface area contributed by atoms with Gasteiger partial charge in [-0.1, -0.05) is 88.1 Å². The number of hydrogen-bond donors (Lipinski definition) is 0. The lowest BCUT2D eigenvalue weighted by Gasteiger charge is -2.34. The Bertz CT molecular complexity index is 584. The number of carboxylic acids is 1. The quantitative estimate of drug-likeness (QED) is 0.500. The van der Waals surface area contributed by atoms with Crippen molar-refractivity contribution in [2.45, 2.75) is 64.2 Å². The summed E-state index contributed by atoms with van der Waals surface area (Å²) in [6.45, 7) is 4.42. The zero-order valence-electron chi connectivity index (χ0n) is 15.0. The number of carboxylic acid groups (broad SMARTS) is 1. The maximum absolute atomic E-state index is 11.1. The first kappa shape index (κ1) is 18.5. The monoisotopic (exact) mass is 325 g/mol. The number of carbonyl (C=O) groups excluding carboxylic acids is 1. The maximum atomic E-state index is 11.1. The molecule has 0 unspecified atom stereocenters. The average molecular weight is 325 g/mol. The molecule has 2 rings (SSSR count). The van der Waals surface area contributed by atoms with Crippen LogP contribution in [-0.4, -0.2) is 5.97 Å². The lowest BCUT2D eigenvalue weighted by molar-refractivity contribution is -0.308. The van der Waals surface area contributed by atoms with Gasteiger partial charge in [-0.05, 0) is 30.4 Å². The SMILES string of the molecule is CCCCCc1ccccc1C1(CCCC)C=CC(C(=O)[O-])C=C1. The molecule has 0 aliphatic heterocycles. The van der Waals surface area contributed by atoms with E-state index in [-0.39, 0.29) is 5.41 Å². The molecule has 1 aliphatic carbocycles. The van der Waals surface area contributed by atoms with Crippen LogP contribution in [0.2, 0.25) is 0 Å². The molecule has 0 aromatic heterocycles. The number of unbranched alkanes of at least 4 members (excludes halogenated alkanes) is 3. The summed E-state index contributed by atoms with van der Waals surface area (Å²) in [6.07, 6.45) is 15.8. The normalized spacial score (nSPS) is 22.7. The van der Waals surface area contributed by atoms with Crippen LogP contribution in [0.4, 0.5) is 0 Å². The van der Waals surface area contributed by atoms with Crippen LogP contribution in [0.15, 0.2) is 48.6 Å². The molecule has 1 aromatic carbocycles. The molecule has 0 saturated carbocycles. The summed E-state index contributed by atoms with van der Waals surface area (Å²) < 4.78 is 0. The van der Waals surface area contributed by atoms with Crippen molar-refractivity contribution in [3.05, 3.63) is 59.7 Å². The molecule has 0 N–H and O–H groups in total. The van der Waals surface area contributed by atoms with Gasteiger partial charge in [0.25, 0.3) is 0 Å². The third kappa shape index (κ3) is 4.37. The molecule has 0 bridgehead atoms. The summed E-state index contributed by atoms with van der Waals surface area (Å²) in [5, 5.41) is 11.1. The van der Waals surface area contributed by atoms with Gasteiger partial charge < -0.3 is 9.90 Å². The van der Waals surface area contributed by atoms with Gasteiger partial charge >= 0.3 is 0 Å². The molecule has 2 heteroatoms. The topological polar surface area (TPSA) is 40.1 Å². The van der Waals surface area contributed by atoms with E-state index in [2.05, 4.69) is 50.3 Å². The zero-order chi connectivity index (χ0) is 17.4. The highest BCUT2D eigenvalue weighted by atomic mass is 16.4. The number of aryl methyl sites for hydroxylation is 1. The Morgan fingerprint density at radius 2 is 1.71 bits per heavy atom. The molecule has 0 spiro atoms. The van der Waals surface area contributed by atoms with Gasteiger partial charge in [-0.3, -0.25) is 0 Å². The maximum Gasteiger partial charge on any atom is 0.0521 e. The van der Waals surface area contributed by atoms with E-state index in [9.17, 15) is 9.90 Å². The van der Waals surface area contributed by atoms with E-state index in [0.717, 1.165) is 25.7 Å². The molecule has 130 valence electrons. The number of hydrogen-bond acceptors (Lipinski definition) is 2. The largest absolute Gasteiger partial charge is 0.549 e. The molecule has 24 heavy (non-hydrogen) atoms. The number of aliphatic carboxylic acids is 1. The van der Waals surface area contributed by atoms with Crippen LogP contribution in [0, 0.1) is 5.92 Å². The first-order valence-electron chi connectivity index (χ1n) is 9.31. The van der Waals surface area contributed by atoms with Gasteiger partial charge in [0, 0.05) is 11.3 Å². The summed E-state index contributed by atoms with van der Waals surface area (Å²) in [5.74, 6) is -1.63. The first-order valence-corrected chi connectivity index (χ1v) is 9.31. The minimum atomic E-state index is -1.03. The predicted molar refractivity (Wildman–Crippen MR) is 97.7 cm³/mol. The van der Waals surface area contributed by atoms with Crippen molar-refractivity contribution in [2.24, 2.45) is 5.92 Å². The Labute approximate surface area is 146 Å². The molecule has 0 amide bonds. The van der Waals surface area contributed by atoms with Crippen molar-refractivity contribution < 1.29 is 9.90 Å². The lowest BCUT2D eigenvalue weighted by atomic mass is 9.70. The smallest absolute Gasteiger partial charge is 0.0521 e. The fourth-order valence-corrected chi connectivity index (χ4v) is 3.54. The Morgan fingerprint density at radius 1 is 1.04 bits per heavy atom. The summed E-state index contributed by atoms with van der Waals surface area (Å²) in [5.41, 5.74) is 2.55. The Balaban J connectivity index is 2.34. The zero-order valence-corrected chi connectivity index (χ0v) is 15.0. The molecule has 0 atom stereocenters.